The molecule has 0 radical (unpaired) electrons. The molecule has 1 rings (SSSR count). The van der Waals surface area contributed by atoms with Crippen molar-refractivity contribution in [3.63, 3.8) is 0 Å². The average molecular weight is 174 g/mol. The van der Waals surface area contributed by atoms with Gasteiger partial charge >= 0.3 is 7.12 Å². The Hall–Kier alpha value is -1.57. The van der Waals surface area contributed by atoms with Crippen LogP contribution in [0, 0.1) is 0 Å². The molecular formula is C9H7BO3. The Morgan fingerprint density at radius 3 is 2.77 bits per heavy atom. The molecule has 13 heavy (non-hydrogen) atoms. The summed E-state index contributed by atoms with van der Waals surface area (Å²) in [6.45, 7) is 0. The van der Waals surface area contributed by atoms with Gasteiger partial charge in [-0.2, -0.15) is 0 Å². The van der Waals surface area contributed by atoms with Crippen LogP contribution in [0.3, 0.4) is 0 Å². The zero-order chi connectivity index (χ0) is 9.68. The lowest BCUT2D eigenvalue weighted by Crippen LogP contribution is -2.29. The predicted octanol–water partition coefficient (Wildman–Crippen LogP) is -0.634. The van der Waals surface area contributed by atoms with Crippen LogP contribution in [0.5, 0.6) is 0 Å². The molecule has 0 bridgehead atoms. The Morgan fingerprint density at radius 2 is 2.15 bits per heavy atom. The lowest BCUT2D eigenvalue weighted by molar-refractivity contribution is 0.426. The normalized spacial score (nSPS) is 8.46. The van der Waals surface area contributed by atoms with Crippen molar-refractivity contribution in [2.24, 2.45) is 0 Å². The molecule has 4 heteroatoms. The topological polar surface area (TPSA) is 57.5 Å². The Bertz CT molecular complexity index is 374. The van der Waals surface area contributed by atoms with Crippen LogP contribution in [0.1, 0.15) is 5.56 Å². The van der Waals surface area contributed by atoms with Crippen molar-refractivity contribution in [3.05, 3.63) is 35.6 Å². The summed E-state index contributed by atoms with van der Waals surface area (Å²) in [7, 11) is -1.49. The average Bonchev–Trinajstić information content (AvgIpc) is 2.15. The molecule has 0 aliphatic carbocycles. The zero-order valence-electron chi connectivity index (χ0n) is 6.77. The molecule has 1 aromatic rings. The van der Waals surface area contributed by atoms with Gasteiger partial charge in [-0.05, 0) is 22.8 Å². The van der Waals surface area contributed by atoms with Gasteiger partial charge in [0, 0.05) is 0 Å². The number of rotatable bonds is 2. The summed E-state index contributed by atoms with van der Waals surface area (Å²) in [5.41, 5.74) is 3.29. The summed E-state index contributed by atoms with van der Waals surface area (Å²) >= 11 is 0. The summed E-state index contributed by atoms with van der Waals surface area (Å²) in [4.78, 5) is 9.83. The molecule has 1 aromatic carbocycles. The molecule has 64 valence electrons. The maximum absolute atomic E-state index is 9.83. The van der Waals surface area contributed by atoms with E-state index in [2.05, 4.69) is 5.73 Å². The second-order valence-electron chi connectivity index (χ2n) is 2.43. The van der Waals surface area contributed by atoms with Crippen LogP contribution < -0.4 is 5.46 Å². The van der Waals surface area contributed by atoms with Gasteiger partial charge in [0.2, 0.25) is 0 Å². The highest BCUT2D eigenvalue weighted by atomic mass is 16.4. The van der Waals surface area contributed by atoms with Crippen LogP contribution in [-0.4, -0.2) is 23.1 Å². The fourth-order valence-electron chi connectivity index (χ4n) is 0.922. The van der Waals surface area contributed by atoms with Gasteiger partial charge in [-0.1, -0.05) is 24.3 Å². The minimum atomic E-state index is -1.49. The van der Waals surface area contributed by atoms with Crippen LogP contribution in [-0.2, 0) is 4.79 Å². The van der Waals surface area contributed by atoms with Crippen molar-refractivity contribution < 1.29 is 14.8 Å². The van der Waals surface area contributed by atoms with Gasteiger partial charge < -0.3 is 10.0 Å². The molecule has 0 fully saturated rings. The SMILES string of the molecule is O=C=C=Cc1cccc(B(O)O)c1. The monoisotopic (exact) mass is 174 g/mol. The third kappa shape index (κ3) is 2.75. The van der Waals surface area contributed by atoms with Gasteiger partial charge in [-0.25, -0.2) is 4.79 Å². The molecular weight excluding hydrogens is 167 g/mol. The summed E-state index contributed by atoms with van der Waals surface area (Å²) in [5.74, 6) is 1.48. The molecule has 0 aliphatic rings. The van der Waals surface area contributed by atoms with E-state index in [9.17, 15) is 4.79 Å². The molecule has 2 N–H and O–H groups in total. The van der Waals surface area contributed by atoms with Crippen molar-refractivity contribution in [1.82, 2.24) is 0 Å². The predicted molar refractivity (Wildman–Crippen MR) is 49.9 cm³/mol. The number of benzene rings is 1. The molecule has 0 saturated heterocycles. The van der Waals surface area contributed by atoms with Gasteiger partial charge in [-0.3, -0.25) is 0 Å². The molecule has 0 aromatic heterocycles. The van der Waals surface area contributed by atoms with E-state index in [4.69, 9.17) is 10.0 Å². The van der Waals surface area contributed by atoms with Crippen LogP contribution in [0.25, 0.3) is 6.08 Å². The number of hydrogen-bond acceptors (Lipinski definition) is 3. The second-order valence-corrected chi connectivity index (χ2v) is 2.43. The third-order valence-electron chi connectivity index (χ3n) is 1.51. The standard InChI is InChI=1S/C9H7BO3/c11-6-2-4-8-3-1-5-9(7-8)10(12)13/h1,3-5,7,12-13H. The van der Waals surface area contributed by atoms with E-state index in [-0.39, 0.29) is 0 Å². The second kappa shape index (κ2) is 4.46. The highest BCUT2D eigenvalue weighted by molar-refractivity contribution is 6.58. The van der Waals surface area contributed by atoms with Gasteiger partial charge in [0.15, 0.2) is 5.94 Å². The van der Waals surface area contributed by atoms with E-state index < -0.39 is 7.12 Å². The Balaban J connectivity index is 3.05. The van der Waals surface area contributed by atoms with Gasteiger partial charge in [0.25, 0.3) is 0 Å². The summed E-state index contributed by atoms with van der Waals surface area (Å²) in [5, 5.41) is 17.6. The van der Waals surface area contributed by atoms with Gasteiger partial charge in [0.05, 0.1) is 0 Å². The molecule has 0 heterocycles. The van der Waals surface area contributed by atoms with E-state index in [1.807, 2.05) is 0 Å². The maximum Gasteiger partial charge on any atom is 0.488 e. The Kier molecular flexibility index (Phi) is 3.27. The highest BCUT2D eigenvalue weighted by Crippen LogP contribution is 1.98. The van der Waals surface area contributed by atoms with Crippen LogP contribution >= 0.6 is 0 Å². The van der Waals surface area contributed by atoms with Crippen molar-refractivity contribution in [2.75, 3.05) is 0 Å². The minimum absolute atomic E-state index is 0.376. The molecule has 0 amide bonds. The van der Waals surface area contributed by atoms with E-state index in [0.29, 0.717) is 11.0 Å². The minimum Gasteiger partial charge on any atom is -0.423 e. The first-order valence-electron chi connectivity index (χ1n) is 3.66. The number of hydrogen-bond donors (Lipinski definition) is 2. The fraction of sp³-hybridized carbons (Fsp3) is 0. The van der Waals surface area contributed by atoms with E-state index in [0.717, 1.165) is 0 Å². The van der Waals surface area contributed by atoms with Crippen LogP contribution in [0.15, 0.2) is 30.0 Å². The quantitative estimate of drug-likeness (QED) is 0.356. The van der Waals surface area contributed by atoms with Crippen LogP contribution in [0.2, 0.25) is 0 Å². The maximum atomic E-state index is 9.83. The van der Waals surface area contributed by atoms with Crippen molar-refractivity contribution in [1.29, 1.82) is 0 Å². The summed E-state index contributed by atoms with van der Waals surface area (Å²) in [6.07, 6.45) is 1.42. The molecule has 0 aliphatic heterocycles. The lowest BCUT2D eigenvalue weighted by Gasteiger charge is -1.98. The van der Waals surface area contributed by atoms with Crippen molar-refractivity contribution in [2.45, 2.75) is 0 Å². The third-order valence-corrected chi connectivity index (χ3v) is 1.51. The first-order valence-corrected chi connectivity index (χ1v) is 3.66. The van der Waals surface area contributed by atoms with Gasteiger partial charge in [0.1, 0.15) is 0 Å². The molecule has 3 nitrogen and oxygen atoms in total. The van der Waals surface area contributed by atoms with E-state index >= 15 is 0 Å². The Morgan fingerprint density at radius 1 is 1.38 bits per heavy atom. The highest BCUT2D eigenvalue weighted by Gasteiger charge is 2.09. The first kappa shape index (κ1) is 9.52. The van der Waals surface area contributed by atoms with Crippen molar-refractivity contribution >= 4 is 24.6 Å². The number of carbonyl (C=O) groups excluding carboxylic acids is 1. The first-order chi connectivity index (χ1) is 6.24. The smallest absolute Gasteiger partial charge is 0.423 e. The molecule has 0 atom stereocenters. The summed E-state index contributed by atoms with van der Waals surface area (Å²) in [6, 6.07) is 6.50. The zero-order valence-corrected chi connectivity index (χ0v) is 6.77. The van der Waals surface area contributed by atoms with E-state index in [1.54, 1.807) is 24.3 Å². The fourth-order valence-corrected chi connectivity index (χ4v) is 0.922. The lowest BCUT2D eigenvalue weighted by atomic mass is 9.80. The summed E-state index contributed by atoms with van der Waals surface area (Å²) < 4.78 is 0. The van der Waals surface area contributed by atoms with Crippen LogP contribution in [0.4, 0.5) is 0 Å². The van der Waals surface area contributed by atoms with E-state index in [1.165, 1.54) is 12.0 Å². The molecule has 0 spiro atoms. The van der Waals surface area contributed by atoms with Crippen molar-refractivity contribution in [3.8, 4) is 0 Å². The molecule has 0 saturated carbocycles. The molecule has 0 unspecified atom stereocenters. The van der Waals surface area contributed by atoms with Gasteiger partial charge in [-0.15, -0.1) is 0 Å². The Labute approximate surface area is 75.8 Å². The largest absolute Gasteiger partial charge is 0.488 e.